The first-order chi connectivity index (χ1) is 7.25. The molecule has 0 radical (unpaired) electrons. The number of pyridine rings is 1. The van der Waals surface area contributed by atoms with Crippen molar-refractivity contribution in [3.63, 3.8) is 0 Å². The zero-order valence-electron chi connectivity index (χ0n) is 8.35. The van der Waals surface area contributed by atoms with Crippen molar-refractivity contribution < 1.29 is 9.90 Å². The fourth-order valence-corrected chi connectivity index (χ4v) is 2.49. The van der Waals surface area contributed by atoms with Crippen molar-refractivity contribution in [2.45, 2.75) is 24.3 Å². The summed E-state index contributed by atoms with van der Waals surface area (Å²) in [6.45, 7) is 0. The molecule has 1 saturated carbocycles. The molecule has 0 aromatic carbocycles. The summed E-state index contributed by atoms with van der Waals surface area (Å²) in [6.07, 6.45) is 5.45. The Bertz CT molecular complexity index is 346. The van der Waals surface area contributed by atoms with E-state index in [-0.39, 0.29) is 5.56 Å². The van der Waals surface area contributed by atoms with Gasteiger partial charge in [-0.15, -0.1) is 11.8 Å². The molecule has 4 heteroatoms. The number of hydrogen-bond acceptors (Lipinski definition) is 3. The van der Waals surface area contributed by atoms with Crippen LogP contribution in [-0.2, 0) is 0 Å². The van der Waals surface area contributed by atoms with E-state index in [4.69, 9.17) is 5.11 Å². The summed E-state index contributed by atoms with van der Waals surface area (Å²) in [7, 11) is 0. The number of hydrogen-bond donors (Lipinski definition) is 1. The minimum absolute atomic E-state index is 0.253. The number of rotatable bonds is 4. The topological polar surface area (TPSA) is 50.2 Å². The second-order valence-electron chi connectivity index (χ2n) is 3.80. The third kappa shape index (κ3) is 2.72. The molecule has 1 heterocycles. The minimum atomic E-state index is -0.918. The molecule has 1 aliphatic rings. The van der Waals surface area contributed by atoms with E-state index in [9.17, 15) is 4.79 Å². The molecule has 1 N–H and O–H groups in total. The number of carbonyl (C=O) groups is 1. The van der Waals surface area contributed by atoms with Crippen LogP contribution in [0.4, 0.5) is 0 Å². The van der Waals surface area contributed by atoms with Crippen molar-refractivity contribution in [3.8, 4) is 0 Å². The van der Waals surface area contributed by atoms with Crippen molar-refractivity contribution in [1.29, 1.82) is 0 Å². The second-order valence-corrected chi connectivity index (χ2v) is 4.84. The van der Waals surface area contributed by atoms with Gasteiger partial charge in [0, 0.05) is 11.9 Å². The van der Waals surface area contributed by atoms with Crippen LogP contribution in [0.3, 0.4) is 0 Å². The fraction of sp³-hybridized carbons (Fsp3) is 0.455. The molecule has 0 aliphatic heterocycles. The Hall–Kier alpha value is -1.03. The van der Waals surface area contributed by atoms with Crippen LogP contribution >= 0.6 is 11.8 Å². The summed E-state index contributed by atoms with van der Waals surface area (Å²) in [5, 5.41) is 9.62. The summed E-state index contributed by atoms with van der Waals surface area (Å²) < 4.78 is 0. The molecule has 0 unspecified atom stereocenters. The van der Waals surface area contributed by atoms with Crippen molar-refractivity contribution in [1.82, 2.24) is 4.98 Å². The van der Waals surface area contributed by atoms with Crippen molar-refractivity contribution in [2.75, 3.05) is 5.75 Å². The zero-order chi connectivity index (χ0) is 10.7. The lowest BCUT2D eigenvalue weighted by atomic mass is 9.87. The Kier molecular flexibility index (Phi) is 3.26. The Balaban J connectivity index is 1.88. The van der Waals surface area contributed by atoms with Gasteiger partial charge < -0.3 is 5.11 Å². The molecule has 0 spiro atoms. The normalized spacial score (nSPS) is 16.0. The molecule has 15 heavy (non-hydrogen) atoms. The summed E-state index contributed by atoms with van der Waals surface area (Å²) in [4.78, 5) is 14.7. The van der Waals surface area contributed by atoms with Crippen LogP contribution in [0.2, 0.25) is 0 Å². The van der Waals surface area contributed by atoms with Gasteiger partial charge in [0.25, 0.3) is 0 Å². The summed E-state index contributed by atoms with van der Waals surface area (Å²) in [6, 6.07) is 3.39. The van der Waals surface area contributed by atoms with E-state index < -0.39 is 5.97 Å². The van der Waals surface area contributed by atoms with Crippen molar-refractivity contribution in [3.05, 3.63) is 23.9 Å². The fourth-order valence-electron chi connectivity index (χ4n) is 1.45. The van der Waals surface area contributed by atoms with E-state index in [0.717, 1.165) is 16.7 Å². The highest BCUT2D eigenvalue weighted by Gasteiger charge is 2.17. The quantitative estimate of drug-likeness (QED) is 0.797. The van der Waals surface area contributed by atoms with E-state index in [1.165, 1.54) is 25.5 Å². The molecule has 0 saturated heterocycles. The van der Waals surface area contributed by atoms with Gasteiger partial charge in [-0.2, -0.15) is 0 Å². The van der Waals surface area contributed by atoms with Crippen LogP contribution in [-0.4, -0.2) is 21.8 Å². The summed E-state index contributed by atoms with van der Waals surface area (Å²) in [5.74, 6) is 1.04. The average Bonchev–Trinajstić information content (AvgIpc) is 2.16. The molecule has 1 aromatic heterocycles. The monoisotopic (exact) mass is 223 g/mol. The van der Waals surface area contributed by atoms with Crippen LogP contribution in [0.25, 0.3) is 0 Å². The molecule has 2 rings (SSSR count). The number of carboxylic acids is 1. The number of nitrogens with zero attached hydrogens (tertiary/aromatic N) is 1. The third-order valence-electron chi connectivity index (χ3n) is 2.67. The van der Waals surface area contributed by atoms with Gasteiger partial charge in [0.15, 0.2) is 0 Å². The van der Waals surface area contributed by atoms with Gasteiger partial charge >= 0.3 is 5.97 Å². The number of aromatic nitrogens is 1. The van der Waals surface area contributed by atoms with Crippen LogP contribution in [0.1, 0.15) is 29.6 Å². The highest BCUT2D eigenvalue weighted by atomic mass is 32.2. The van der Waals surface area contributed by atoms with E-state index in [1.807, 2.05) is 0 Å². The molecule has 1 aliphatic carbocycles. The van der Waals surface area contributed by atoms with E-state index >= 15 is 0 Å². The van der Waals surface area contributed by atoms with Crippen LogP contribution in [0.15, 0.2) is 23.4 Å². The first kappa shape index (κ1) is 10.5. The van der Waals surface area contributed by atoms with E-state index in [2.05, 4.69) is 4.98 Å². The highest BCUT2D eigenvalue weighted by Crippen LogP contribution is 2.31. The van der Waals surface area contributed by atoms with Crippen LogP contribution in [0.5, 0.6) is 0 Å². The van der Waals surface area contributed by atoms with E-state index in [1.54, 1.807) is 23.9 Å². The van der Waals surface area contributed by atoms with Gasteiger partial charge in [-0.1, -0.05) is 6.42 Å². The maximum absolute atomic E-state index is 10.6. The summed E-state index contributed by atoms with van der Waals surface area (Å²) >= 11 is 1.72. The number of aromatic carboxylic acids is 1. The molecule has 3 nitrogen and oxygen atoms in total. The van der Waals surface area contributed by atoms with Crippen LogP contribution in [0, 0.1) is 5.92 Å². The van der Waals surface area contributed by atoms with Crippen molar-refractivity contribution >= 4 is 17.7 Å². The smallest absolute Gasteiger partial charge is 0.337 e. The Labute approximate surface area is 92.9 Å². The predicted molar refractivity (Wildman–Crippen MR) is 59.3 cm³/mol. The lowest BCUT2D eigenvalue weighted by Gasteiger charge is -2.24. The summed E-state index contributed by atoms with van der Waals surface area (Å²) in [5.41, 5.74) is 0.253. The predicted octanol–water partition coefficient (Wildman–Crippen LogP) is 2.67. The van der Waals surface area contributed by atoms with Gasteiger partial charge in [0.1, 0.15) is 0 Å². The van der Waals surface area contributed by atoms with Gasteiger partial charge in [-0.3, -0.25) is 0 Å². The standard InChI is InChI=1S/C11H13NO2S/c13-11(14)9-4-5-10(12-6-9)15-7-8-2-1-3-8/h4-6,8H,1-3,7H2,(H,13,14). The van der Waals surface area contributed by atoms with Gasteiger partial charge in [0.2, 0.25) is 0 Å². The van der Waals surface area contributed by atoms with Crippen molar-refractivity contribution in [2.24, 2.45) is 5.92 Å². The maximum Gasteiger partial charge on any atom is 0.337 e. The van der Waals surface area contributed by atoms with Gasteiger partial charge in [-0.05, 0) is 30.9 Å². The highest BCUT2D eigenvalue weighted by molar-refractivity contribution is 7.99. The van der Waals surface area contributed by atoms with Gasteiger partial charge in [0.05, 0.1) is 10.6 Å². The molecular weight excluding hydrogens is 210 g/mol. The number of carboxylic acid groups (broad SMARTS) is 1. The molecule has 80 valence electrons. The third-order valence-corrected chi connectivity index (χ3v) is 3.85. The molecule has 1 fully saturated rings. The minimum Gasteiger partial charge on any atom is -0.478 e. The lowest BCUT2D eigenvalue weighted by molar-refractivity contribution is 0.0696. The SMILES string of the molecule is O=C(O)c1ccc(SCC2CCC2)nc1. The first-order valence-electron chi connectivity index (χ1n) is 5.08. The first-order valence-corrected chi connectivity index (χ1v) is 6.06. The average molecular weight is 223 g/mol. The molecule has 0 amide bonds. The second kappa shape index (κ2) is 4.66. The molecule has 1 aromatic rings. The zero-order valence-corrected chi connectivity index (χ0v) is 9.17. The lowest BCUT2D eigenvalue weighted by Crippen LogP contribution is -2.13. The van der Waals surface area contributed by atoms with E-state index in [0.29, 0.717) is 0 Å². The van der Waals surface area contributed by atoms with Gasteiger partial charge in [-0.25, -0.2) is 9.78 Å². The Morgan fingerprint density at radius 2 is 2.33 bits per heavy atom. The molecule has 0 bridgehead atoms. The number of thioether (sulfide) groups is 1. The molecule has 0 atom stereocenters. The van der Waals surface area contributed by atoms with Crippen LogP contribution < -0.4 is 0 Å². The largest absolute Gasteiger partial charge is 0.478 e. The maximum atomic E-state index is 10.6. The Morgan fingerprint density at radius 3 is 2.80 bits per heavy atom. The Morgan fingerprint density at radius 1 is 1.53 bits per heavy atom. The molecular formula is C11H13NO2S.